The van der Waals surface area contributed by atoms with Crippen molar-refractivity contribution < 1.29 is 14.7 Å². The molecule has 1 amide bonds. The predicted octanol–water partition coefficient (Wildman–Crippen LogP) is 0.0250. The van der Waals surface area contributed by atoms with Gasteiger partial charge in [0, 0.05) is 6.42 Å². The number of carbonyl (C=O) groups excluding carboxylic acids is 1. The molecule has 0 spiro atoms. The topological polar surface area (TPSA) is 66.4 Å². The first-order valence-corrected chi connectivity index (χ1v) is 4.63. The summed E-state index contributed by atoms with van der Waals surface area (Å²) in [6.07, 6.45) is 0.301. The van der Waals surface area contributed by atoms with Crippen LogP contribution >= 0.6 is 0 Å². The van der Waals surface area contributed by atoms with Crippen molar-refractivity contribution >= 4 is 19.6 Å². The molecule has 0 saturated carbocycles. The standard InChI is InChI=1S/C10H12BNO3/c11-10(15)12-8(9(13)14)6-7-4-2-1-3-5-7/h1-5,8H,6,11H2,(H,12,15)(H,13,14)/t8-/m0/s1. The van der Waals surface area contributed by atoms with Gasteiger partial charge in [-0.15, -0.1) is 0 Å². The second-order valence-electron chi connectivity index (χ2n) is 3.28. The van der Waals surface area contributed by atoms with Gasteiger partial charge >= 0.3 is 5.97 Å². The van der Waals surface area contributed by atoms with E-state index in [0.717, 1.165) is 5.56 Å². The Morgan fingerprint density at radius 1 is 1.33 bits per heavy atom. The summed E-state index contributed by atoms with van der Waals surface area (Å²) >= 11 is 0. The lowest BCUT2D eigenvalue weighted by atomic mass is 10.0. The van der Waals surface area contributed by atoms with Crippen molar-refractivity contribution in [1.82, 2.24) is 5.32 Å². The number of benzene rings is 1. The lowest BCUT2D eigenvalue weighted by Gasteiger charge is -2.13. The Morgan fingerprint density at radius 3 is 2.40 bits per heavy atom. The Bertz CT molecular complexity index is 353. The monoisotopic (exact) mass is 205 g/mol. The minimum atomic E-state index is -1.02. The van der Waals surface area contributed by atoms with E-state index < -0.39 is 12.0 Å². The number of amides is 1. The lowest BCUT2D eigenvalue weighted by Crippen LogP contribution is -2.41. The van der Waals surface area contributed by atoms with Gasteiger partial charge in [-0.1, -0.05) is 30.3 Å². The summed E-state index contributed by atoms with van der Waals surface area (Å²) in [5.74, 6) is -1.35. The third-order valence-electron chi connectivity index (χ3n) is 1.96. The van der Waals surface area contributed by atoms with E-state index in [1.807, 2.05) is 30.3 Å². The number of carboxylic acids is 1. The Kier molecular flexibility index (Phi) is 3.91. The summed E-state index contributed by atoms with van der Waals surface area (Å²) in [4.78, 5) is 21.6. The number of carbonyl (C=O) groups is 2. The summed E-state index contributed by atoms with van der Waals surface area (Å²) in [5.41, 5.74) is 0.888. The molecule has 4 nitrogen and oxygen atoms in total. The van der Waals surface area contributed by atoms with Gasteiger partial charge in [0.25, 0.3) is 0 Å². The molecule has 1 aromatic rings. The highest BCUT2D eigenvalue weighted by Crippen LogP contribution is 2.03. The van der Waals surface area contributed by atoms with Crippen LogP contribution < -0.4 is 5.32 Å². The lowest BCUT2D eigenvalue weighted by molar-refractivity contribution is -0.139. The average Bonchev–Trinajstić information content (AvgIpc) is 2.17. The van der Waals surface area contributed by atoms with Crippen molar-refractivity contribution in [3.63, 3.8) is 0 Å². The van der Waals surface area contributed by atoms with E-state index >= 15 is 0 Å². The fourth-order valence-electron chi connectivity index (χ4n) is 1.30. The molecule has 0 bridgehead atoms. The number of rotatable bonds is 4. The van der Waals surface area contributed by atoms with E-state index in [9.17, 15) is 9.59 Å². The quantitative estimate of drug-likeness (QED) is 0.681. The molecule has 78 valence electrons. The minimum Gasteiger partial charge on any atom is -0.480 e. The average molecular weight is 205 g/mol. The molecule has 1 aromatic carbocycles. The van der Waals surface area contributed by atoms with Crippen LogP contribution in [0.2, 0.25) is 0 Å². The molecule has 2 N–H and O–H groups in total. The number of carboxylic acid groups (broad SMARTS) is 1. The van der Waals surface area contributed by atoms with Crippen LogP contribution in [0.5, 0.6) is 0 Å². The molecule has 0 saturated heterocycles. The van der Waals surface area contributed by atoms with Crippen LogP contribution in [0.25, 0.3) is 0 Å². The van der Waals surface area contributed by atoms with Gasteiger partial charge in [0.2, 0.25) is 7.85 Å². The summed E-state index contributed by atoms with van der Waals surface area (Å²) in [5, 5.41) is 11.3. The van der Waals surface area contributed by atoms with Crippen molar-refractivity contribution in [3.8, 4) is 0 Å². The number of nitrogens with one attached hydrogen (secondary N) is 1. The Balaban J connectivity index is 2.67. The van der Waals surface area contributed by atoms with E-state index in [0.29, 0.717) is 6.42 Å². The number of aliphatic carboxylic acids is 1. The highest BCUT2D eigenvalue weighted by molar-refractivity contribution is 6.57. The maximum Gasteiger partial charge on any atom is 0.326 e. The molecule has 0 aromatic heterocycles. The fraction of sp³-hybridized carbons (Fsp3) is 0.200. The largest absolute Gasteiger partial charge is 0.480 e. The second-order valence-corrected chi connectivity index (χ2v) is 3.28. The van der Waals surface area contributed by atoms with Gasteiger partial charge in [-0.25, -0.2) is 4.79 Å². The van der Waals surface area contributed by atoms with E-state index in [1.54, 1.807) is 0 Å². The van der Waals surface area contributed by atoms with Gasteiger partial charge in [-0.2, -0.15) is 0 Å². The Hall–Kier alpha value is -1.78. The molecule has 0 aliphatic carbocycles. The molecule has 0 radical (unpaired) electrons. The molecule has 5 heteroatoms. The number of hydrogen-bond acceptors (Lipinski definition) is 2. The number of hydrogen-bond donors (Lipinski definition) is 2. The maximum absolute atomic E-state index is 10.8. The highest BCUT2D eigenvalue weighted by Gasteiger charge is 2.18. The Morgan fingerprint density at radius 2 is 1.93 bits per heavy atom. The van der Waals surface area contributed by atoms with Crippen LogP contribution in [0.1, 0.15) is 5.56 Å². The van der Waals surface area contributed by atoms with Gasteiger partial charge in [-0.3, -0.25) is 4.79 Å². The van der Waals surface area contributed by atoms with E-state index in [1.165, 1.54) is 7.85 Å². The zero-order valence-electron chi connectivity index (χ0n) is 8.43. The van der Waals surface area contributed by atoms with E-state index in [4.69, 9.17) is 5.11 Å². The summed E-state index contributed by atoms with van der Waals surface area (Å²) in [6, 6.07) is 8.34. The molecule has 0 unspecified atom stereocenters. The first kappa shape index (κ1) is 11.3. The zero-order chi connectivity index (χ0) is 11.3. The third-order valence-corrected chi connectivity index (χ3v) is 1.96. The van der Waals surface area contributed by atoms with Gasteiger partial charge in [0.15, 0.2) is 5.81 Å². The van der Waals surface area contributed by atoms with Crippen LogP contribution in [-0.4, -0.2) is 30.8 Å². The zero-order valence-corrected chi connectivity index (χ0v) is 8.43. The first-order chi connectivity index (χ1) is 7.09. The van der Waals surface area contributed by atoms with Gasteiger partial charge in [0.05, 0.1) is 0 Å². The van der Waals surface area contributed by atoms with Crippen LogP contribution in [0.4, 0.5) is 4.79 Å². The maximum atomic E-state index is 10.8. The predicted molar refractivity (Wildman–Crippen MR) is 58.6 cm³/mol. The molecular weight excluding hydrogens is 193 g/mol. The fourth-order valence-corrected chi connectivity index (χ4v) is 1.30. The Labute approximate surface area is 88.7 Å². The molecule has 0 aliphatic heterocycles. The van der Waals surface area contributed by atoms with Crippen LogP contribution in [-0.2, 0) is 11.2 Å². The van der Waals surface area contributed by atoms with Crippen LogP contribution in [0.15, 0.2) is 30.3 Å². The van der Waals surface area contributed by atoms with Gasteiger partial charge in [-0.05, 0) is 5.56 Å². The summed E-state index contributed by atoms with van der Waals surface area (Å²) < 4.78 is 0. The highest BCUT2D eigenvalue weighted by atomic mass is 16.4. The normalized spacial score (nSPS) is 11.7. The van der Waals surface area contributed by atoms with Crippen molar-refractivity contribution in [1.29, 1.82) is 0 Å². The first-order valence-electron chi connectivity index (χ1n) is 4.63. The molecule has 15 heavy (non-hydrogen) atoms. The summed E-state index contributed by atoms with van der Waals surface area (Å²) in [7, 11) is 1.31. The van der Waals surface area contributed by atoms with Crippen molar-refractivity contribution in [2.75, 3.05) is 0 Å². The van der Waals surface area contributed by atoms with Crippen molar-refractivity contribution in [2.24, 2.45) is 0 Å². The molecule has 1 rings (SSSR count). The van der Waals surface area contributed by atoms with E-state index in [-0.39, 0.29) is 5.81 Å². The summed E-state index contributed by atoms with van der Waals surface area (Å²) in [6.45, 7) is 0. The van der Waals surface area contributed by atoms with Crippen LogP contribution in [0.3, 0.4) is 0 Å². The smallest absolute Gasteiger partial charge is 0.326 e. The van der Waals surface area contributed by atoms with Crippen molar-refractivity contribution in [2.45, 2.75) is 12.5 Å². The third kappa shape index (κ3) is 3.85. The second kappa shape index (κ2) is 5.19. The van der Waals surface area contributed by atoms with Crippen LogP contribution in [0, 0.1) is 0 Å². The SMILES string of the molecule is BC(=O)N[C@@H](Cc1ccccc1)C(=O)O. The van der Waals surface area contributed by atoms with Gasteiger partial charge in [0.1, 0.15) is 6.04 Å². The van der Waals surface area contributed by atoms with Crippen molar-refractivity contribution in [3.05, 3.63) is 35.9 Å². The van der Waals surface area contributed by atoms with Gasteiger partial charge < -0.3 is 10.4 Å². The molecule has 0 fully saturated rings. The minimum absolute atomic E-state index is 0.301. The molecule has 0 aliphatic rings. The molecule has 1 atom stereocenters. The molecule has 0 heterocycles. The molecular formula is C10H12BNO3. The van der Waals surface area contributed by atoms with E-state index in [2.05, 4.69) is 5.32 Å².